The van der Waals surface area contributed by atoms with Gasteiger partial charge in [0.1, 0.15) is 0 Å². The van der Waals surface area contributed by atoms with E-state index in [-0.39, 0.29) is 12.1 Å². The molecule has 5 aromatic rings. The summed E-state index contributed by atoms with van der Waals surface area (Å²) in [4.78, 5) is 12.1. The number of fused-ring (bicyclic) bond motifs is 1. The summed E-state index contributed by atoms with van der Waals surface area (Å²) in [5.74, 6) is -0.350. The fraction of sp³-hybridized carbons (Fsp3) is 0.0606. The molecule has 1 heterocycles. The number of esters is 1. The Labute approximate surface area is 217 Å². The first-order valence-corrected chi connectivity index (χ1v) is 14.5. The molecule has 182 valence electrons. The molecule has 0 N–H and O–H groups in total. The summed E-state index contributed by atoms with van der Waals surface area (Å²) in [5, 5.41) is 4.69. The zero-order valence-electron chi connectivity index (χ0n) is 20.5. The number of methoxy groups -OCH3 is 1. The molecule has 1 aliphatic rings. The van der Waals surface area contributed by atoms with Crippen LogP contribution in [0.15, 0.2) is 140 Å². The van der Waals surface area contributed by atoms with Crippen LogP contribution in [-0.4, -0.2) is 13.1 Å². The maximum absolute atomic E-state index is 12.1. The van der Waals surface area contributed by atoms with Gasteiger partial charge in [-0.25, -0.2) is 0 Å². The standard InChI is InChI=1S/C33H27O3P/c1-35-33(34)26-23-21-25(22-24-26)32-30-19-11-12-20-31(30)37(36-32,27-13-5-2-6-14-27,28-15-7-3-8-16-28)29-17-9-4-10-18-29/h2-24,32H,1H3. The van der Waals surface area contributed by atoms with Gasteiger partial charge in [-0.15, -0.1) is 0 Å². The molecular formula is C33H27O3P. The van der Waals surface area contributed by atoms with Crippen LogP contribution in [0.1, 0.15) is 27.6 Å². The minimum absolute atomic E-state index is 0.318. The molecule has 1 aliphatic heterocycles. The van der Waals surface area contributed by atoms with Crippen molar-refractivity contribution in [1.29, 1.82) is 0 Å². The van der Waals surface area contributed by atoms with Gasteiger partial charge in [-0.05, 0) is 0 Å². The van der Waals surface area contributed by atoms with Crippen molar-refractivity contribution in [2.45, 2.75) is 6.10 Å². The van der Waals surface area contributed by atoms with Gasteiger partial charge in [0, 0.05) is 0 Å². The summed E-state index contributed by atoms with van der Waals surface area (Å²) in [6.45, 7) is -3.64. The molecule has 0 aliphatic carbocycles. The summed E-state index contributed by atoms with van der Waals surface area (Å²) in [7, 11) is 1.40. The third-order valence-corrected chi connectivity index (χ3v) is 13.2. The molecule has 0 spiro atoms. The van der Waals surface area contributed by atoms with Crippen molar-refractivity contribution in [1.82, 2.24) is 0 Å². The summed E-state index contributed by atoms with van der Waals surface area (Å²) in [5.41, 5.74) is 2.65. The van der Waals surface area contributed by atoms with Crippen molar-refractivity contribution in [2.75, 3.05) is 7.11 Å². The Balaban J connectivity index is 1.71. The van der Waals surface area contributed by atoms with E-state index in [1.165, 1.54) is 12.4 Å². The zero-order chi connectivity index (χ0) is 25.3. The Kier molecular flexibility index (Phi) is 5.76. The molecule has 1 unspecified atom stereocenters. The van der Waals surface area contributed by atoms with Gasteiger partial charge in [-0.1, -0.05) is 0 Å². The SMILES string of the molecule is COC(=O)c1ccc(C2OP(c3ccccc3)(c3ccccc3)(c3ccccc3)c3ccccc32)cc1. The number of hydrogen-bond acceptors (Lipinski definition) is 3. The van der Waals surface area contributed by atoms with Crippen molar-refractivity contribution in [3.63, 3.8) is 0 Å². The molecule has 37 heavy (non-hydrogen) atoms. The van der Waals surface area contributed by atoms with Gasteiger partial charge in [0.2, 0.25) is 0 Å². The van der Waals surface area contributed by atoms with Crippen LogP contribution in [0.4, 0.5) is 0 Å². The van der Waals surface area contributed by atoms with Crippen LogP contribution in [0.25, 0.3) is 0 Å². The summed E-state index contributed by atoms with van der Waals surface area (Å²) in [6.07, 6.45) is -0.318. The third kappa shape index (κ3) is 3.32. The second-order valence-corrected chi connectivity index (χ2v) is 13.5. The Morgan fingerprint density at radius 3 is 1.57 bits per heavy atom. The quantitative estimate of drug-likeness (QED) is 0.230. The Bertz CT molecular complexity index is 1450. The van der Waals surface area contributed by atoms with Gasteiger partial charge in [0.25, 0.3) is 0 Å². The average Bonchev–Trinajstić information content (AvgIpc) is 3.32. The molecule has 0 radical (unpaired) electrons. The van der Waals surface area contributed by atoms with Crippen LogP contribution in [0.5, 0.6) is 0 Å². The third-order valence-electron chi connectivity index (χ3n) is 7.38. The molecule has 0 bridgehead atoms. The topological polar surface area (TPSA) is 35.5 Å². The van der Waals surface area contributed by atoms with E-state index in [1.807, 2.05) is 24.3 Å². The van der Waals surface area contributed by atoms with E-state index < -0.39 is 6.83 Å². The molecule has 5 aromatic carbocycles. The van der Waals surface area contributed by atoms with Crippen LogP contribution >= 0.6 is 6.83 Å². The Morgan fingerprint density at radius 1 is 0.622 bits per heavy atom. The van der Waals surface area contributed by atoms with E-state index in [9.17, 15) is 4.79 Å². The molecule has 0 aromatic heterocycles. The molecule has 3 nitrogen and oxygen atoms in total. The van der Waals surface area contributed by atoms with Crippen LogP contribution in [0.3, 0.4) is 0 Å². The normalized spacial score (nSPS) is 18.2. The van der Waals surface area contributed by atoms with Gasteiger partial charge in [-0.2, -0.15) is 0 Å². The van der Waals surface area contributed by atoms with Gasteiger partial charge >= 0.3 is 218 Å². The minimum atomic E-state index is -3.64. The fourth-order valence-electron chi connectivity index (χ4n) is 5.76. The van der Waals surface area contributed by atoms with Gasteiger partial charge in [-0.3, -0.25) is 0 Å². The average molecular weight is 503 g/mol. The molecule has 0 fully saturated rings. The Morgan fingerprint density at radius 2 is 1.08 bits per heavy atom. The van der Waals surface area contributed by atoms with Gasteiger partial charge in [0.05, 0.1) is 0 Å². The van der Waals surface area contributed by atoms with E-state index in [4.69, 9.17) is 9.26 Å². The number of rotatable bonds is 5. The van der Waals surface area contributed by atoms with E-state index in [0.717, 1.165) is 27.0 Å². The first-order chi connectivity index (χ1) is 18.2. The Hall–Kier alpha value is -4.04. The summed E-state index contributed by atoms with van der Waals surface area (Å²) >= 11 is 0. The predicted molar refractivity (Wildman–Crippen MR) is 152 cm³/mol. The fourth-order valence-corrected chi connectivity index (χ4v) is 11.9. The van der Waals surface area contributed by atoms with Crippen molar-refractivity contribution in [2.24, 2.45) is 0 Å². The molecule has 4 heteroatoms. The van der Waals surface area contributed by atoms with E-state index in [0.29, 0.717) is 5.56 Å². The van der Waals surface area contributed by atoms with Crippen LogP contribution in [0, 0.1) is 0 Å². The van der Waals surface area contributed by atoms with Crippen molar-refractivity contribution in [3.05, 3.63) is 156 Å². The van der Waals surface area contributed by atoms with Crippen LogP contribution < -0.4 is 21.2 Å². The number of ether oxygens (including phenoxy) is 1. The van der Waals surface area contributed by atoms with Crippen LogP contribution in [-0.2, 0) is 9.26 Å². The van der Waals surface area contributed by atoms with Crippen molar-refractivity contribution in [3.8, 4) is 0 Å². The number of hydrogen-bond donors (Lipinski definition) is 0. The van der Waals surface area contributed by atoms with Gasteiger partial charge in [0.15, 0.2) is 0 Å². The van der Waals surface area contributed by atoms with E-state index >= 15 is 0 Å². The molecule has 0 amide bonds. The monoisotopic (exact) mass is 502 g/mol. The van der Waals surface area contributed by atoms with Crippen molar-refractivity contribution < 1.29 is 14.1 Å². The maximum atomic E-state index is 12.1. The van der Waals surface area contributed by atoms with Crippen LogP contribution in [0.2, 0.25) is 0 Å². The van der Waals surface area contributed by atoms with E-state index in [1.54, 1.807) is 0 Å². The summed E-state index contributed by atoms with van der Waals surface area (Å²) < 4.78 is 12.6. The molecule has 1 atom stereocenters. The molecule has 6 rings (SSSR count). The second kappa shape index (κ2) is 9.12. The van der Waals surface area contributed by atoms with Gasteiger partial charge < -0.3 is 0 Å². The number of carbonyl (C=O) groups excluding carboxylic acids is 1. The van der Waals surface area contributed by atoms with Crippen molar-refractivity contribution >= 4 is 34.0 Å². The predicted octanol–water partition coefficient (Wildman–Crippen LogP) is 5.66. The zero-order valence-corrected chi connectivity index (χ0v) is 21.4. The second-order valence-electron chi connectivity index (χ2n) is 9.20. The first-order valence-electron chi connectivity index (χ1n) is 12.3. The molecule has 0 saturated carbocycles. The number of carbonyl (C=O) groups is 1. The molecule has 0 saturated heterocycles. The number of benzene rings is 5. The molecular weight excluding hydrogens is 475 g/mol. The summed E-state index contributed by atoms with van der Waals surface area (Å²) in [6, 6.07) is 48.2. The van der Waals surface area contributed by atoms with E-state index in [2.05, 4.69) is 115 Å². The first kappa shape index (κ1) is 23.4.